The molecule has 158 valence electrons. The van der Waals surface area contributed by atoms with Gasteiger partial charge in [-0.05, 0) is 37.0 Å². The van der Waals surface area contributed by atoms with Gasteiger partial charge in [0.25, 0.3) is 5.69 Å². The lowest BCUT2D eigenvalue weighted by Gasteiger charge is -2.17. The van der Waals surface area contributed by atoms with Crippen molar-refractivity contribution in [2.45, 2.75) is 37.8 Å². The molecular formula is C22H20BNO7. The normalized spacial score (nSPS) is 22.5. The molecule has 0 amide bonds. The van der Waals surface area contributed by atoms with E-state index in [-0.39, 0.29) is 40.9 Å². The Morgan fingerprint density at radius 2 is 1.94 bits per heavy atom. The monoisotopic (exact) mass is 421 g/mol. The van der Waals surface area contributed by atoms with E-state index in [0.717, 1.165) is 0 Å². The fourth-order valence-corrected chi connectivity index (χ4v) is 4.30. The van der Waals surface area contributed by atoms with Gasteiger partial charge in [-0.2, -0.15) is 0 Å². The molecule has 0 aliphatic heterocycles. The molecule has 8 nitrogen and oxygen atoms in total. The lowest BCUT2D eigenvalue weighted by atomic mass is 9.85. The number of nitrogens with zero attached hydrogens (tertiary/aromatic N) is 1. The van der Waals surface area contributed by atoms with Crippen molar-refractivity contribution in [3.63, 3.8) is 0 Å². The molecule has 2 aliphatic rings. The molecule has 9 heteroatoms. The van der Waals surface area contributed by atoms with Crippen LogP contribution in [0.2, 0.25) is 5.82 Å². The summed E-state index contributed by atoms with van der Waals surface area (Å²) in [6, 6.07) is 9.70. The lowest BCUT2D eigenvalue weighted by molar-refractivity contribution is -0.386. The highest BCUT2D eigenvalue weighted by Gasteiger charge is 2.34. The number of hydrogen-bond acceptors (Lipinski definition) is 7. The maximum absolute atomic E-state index is 12.6. The van der Waals surface area contributed by atoms with E-state index in [4.69, 9.17) is 17.3 Å². The fourth-order valence-electron chi connectivity index (χ4n) is 4.30. The Kier molecular flexibility index (Phi) is 5.53. The van der Waals surface area contributed by atoms with Gasteiger partial charge in [0, 0.05) is 23.1 Å². The van der Waals surface area contributed by atoms with E-state index in [1.54, 1.807) is 24.3 Å². The van der Waals surface area contributed by atoms with Crippen molar-refractivity contribution in [3.8, 4) is 11.1 Å². The number of ether oxygens (including phenoxy) is 2. The van der Waals surface area contributed by atoms with Crippen LogP contribution < -0.4 is 0 Å². The zero-order valence-electron chi connectivity index (χ0n) is 16.8. The predicted octanol–water partition coefficient (Wildman–Crippen LogP) is 3.75. The number of hydrogen-bond donors (Lipinski definition) is 1. The Morgan fingerprint density at radius 3 is 2.58 bits per heavy atom. The number of benzene rings is 2. The SMILES string of the molecule is [B][C@H]1CC(O)[C@@H](COC(=O)OC(C)c2cc3c(cc2[N+](=O)[O-])C(=O)c2ccccc2-3)C1. The number of aliphatic hydroxyl groups excluding tert-OH is 1. The second-order valence-electron chi connectivity index (χ2n) is 7.97. The first-order valence-electron chi connectivity index (χ1n) is 9.99. The van der Waals surface area contributed by atoms with E-state index in [0.29, 0.717) is 29.5 Å². The van der Waals surface area contributed by atoms with Crippen molar-refractivity contribution in [3.05, 3.63) is 63.2 Å². The first-order chi connectivity index (χ1) is 14.8. The third-order valence-electron chi connectivity index (χ3n) is 5.89. The number of nitro benzene ring substituents is 1. The standard InChI is InChI=1S/C22H20BNO7/c1-11(31-22(27)30-10-12-6-13(23)7-20(12)25)16-8-17-14-4-2-3-5-15(14)21(26)18(17)9-19(16)24(28)29/h2-5,8-9,11-13,20,25H,6-7,10H2,1H3/t11?,12-,13-,20?/m1/s1. The summed E-state index contributed by atoms with van der Waals surface area (Å²) >= 11 is 0. The van der Waals surface area contributed by atoms with Gasteiger partial charge < -0.3 is 14.6 Å². The van der Waals surface area contributed by atoms with Crippen LogP contribution in [0.15, 0.2) is 36.4 Å². The van der Waals surface area contributed by atoms with Crippen LogP contribution in [0.5, 0.6) is 0 Å². The molecule has 0 spiro atoms. The van der Waals surface area contributed by atoms with Crippen LogP contribution >= 0.6 is 0 Å². The average Bonchev–Trinajstić information content (AvgIpc) is 3.21. The van der Waals surface area contributed by atoms with Gasteiger partial charge in [-0.25, -0.2) is 4.79 Å². The minimum Gasteiger partial charge on any atom is -0.434 e. The number of fused-ring (bicyclic) bond motifs is 3. The summed E-state index contributed by atoms with van der Waals surface area (Å²) in [5.74, 6) is -0.686. The van der Waals surface area contributed by atoms with E-state index in [2.05, 4.69) is 0 Å². The summed E-state index contributed by atoms with van der Waals surface area (Å²) in [7, 11) is 5.79. The smallest absolute Gasteiger partial charge is 0.434 e. The summed E-state index contributed by atoms with van der Waals surface area (Å²) in [6.07, 6.45) is -1.65. The zero-order chi connectivity index (χ0) is 22.3. The van der Waals surface area contributed by atoms with Crippen LogP contribution in [0.3, 0.4) is 0 Å². The molecule has 1 fully saturated rings. The zero-order valence-corrected chi connectivity index (χ0v) is 16.8. The van der Waals surface area contributed by atoms with Gasteiger partial charge in [0.15, 0.2) is 5.78 Å². The maximum atomic E-state index is 12.6. The molecule has 2 radical (unpaired) electrons. The summed E-state index contributed by atoms with van der Waals surface area (Å²) in [5, 5.41) is 21.5. The van der Waals surface area contributed by atoms with Crippen molar-refractivity contribution < 1.29 is 29.1 Å². The highest BCUT2D eigenvalue weighted by molar-refractivity contribution is 6.22. The summed E-state index contributed by atoms with van der Waals surface area (Å²) in [5.41, 5.74) is 1.82. The molecule has 2 aromatic rings. The van der Waals surface area contributed by atoms with Crippen molar-refractivity contribution in [1.82, 2.24) is 0 Å². The Bertz CT molecular complexity index is 1070. The van der Waals surface area contributed by atoms with Crippen molar-refractivity contribution in [2.75, 3.05) is 6.61 Å². The third kappa shape index (κ3) is 3.93. The van der Waals surface area contributed by atoms with E-state index in [1.165, 1.54) is 19.1 Å². The lowest BCUT2D eigenvalue weighted by Crippen LogP contribution is -2.22. The van der Waals surface area contributed by atoms with Gasteiger partial charge in [0.1, 0.15) is 12.7 Å². The highest BCUT2D eigenvalue weighted by atomic mass is 16.7. The topological polar surface area (TPSA) is 116 Å². The van der Waals surface area contributed by atoms with Crippen LogP contribution in [-0.4, -0.2) is 42.5 Å². The Morgan fingerprint density at radius 1 is 1.23 bits per heavy atom. The van der Waals surface area contributed by atoms with E-state index in [9.17, 15) is 24.8 Å². The molecule has 2 unspecified atom stereocenters. The van der Waals surface area contributed by atoms with Gasteiger partial charge in [-0.1, -0.05) is 30.1 Å². The summed E-state index contributed by atoms with van der Waals surface area (Å²) < 4.78 is 10.4. The Labute approximate surface area is 179 Å². The summed E-state index contributed by atoms with van der Waals surface area (Å²) in [6.45, 7) is 1.45. The Hall–Kier alpha value is -3.20. The largest absolute Gasteiger partial charge is 0.508 e. The van der Waals surface area contributed by atoms with Gasteiger partial charge in [0.2, 0.25) is 0 Å². The number of carbonyl (C=O) groups is 2. The van der Waals surface area contributed by atoms with Gasteiger partial charge >= 0.3 is 6.16 Å². The molecule has 31 heavy (non-hydrogen) atoms. The molecule has 4 rings (SSSR count). The second-order valence-corrected chi connectivity index (χ2v) is 7.97. The van der Waals surface area contributed by atoms with Crippen LogP contribution in [0.4, 0.5) is 10.5 Å². The second kappa shape index (κ2) is 8.15. The molecule has 0 aromatic heterocycles. The molecule has 0 saturated heterocycles. The summed E-state index contributed by atoms with van der Waals surface area (Å²) in [4.78, 5) is 35.8. The quantitative estimate of drug-likeness (QED) is 0.289. The molecule has 0 bridgehead atoms. The number of rotatable bonds is 5. The predicted molar refractivity (Wildman–Crippen MR) is 111 cm³/mol. The average molecular weight is 421 g/mol. The molecule has 2 aromatic carbocycles. The van der Waals surface area contributed by atoms with E-state index >= 15 is 0 Å². The minimum atomic E-state index is -0.994. The first-order valence-corrected chi connectivity index (χ1v) is 9.99. The highest BCUT2D eigenvalue weighted by Crippen LogP contribution is 2.42. The van der Waals surface area contributed by atoms with Gasteiger partial charge in [-0.15, -0.1) is 0 Å². The molecule has 1 saturated carbocycles. The Balaban J connectivity index is 1.54. The number of aliphatic hydroxyl groups is 1. The molecule has 1 N–H and O–H groups in total. The first kappa shape index (κ1) is 21.1. The van der Waals surface area contributed by atoms with Crippen molar-refractivity contribution >= 4 is 25.5 Å². The van der Waals surface area contributed by atoms with E-state index < -0.39 is 23.3 Å². The number of ketones is 1. The minimum absolute atomic E-state index is 0.0470. The van der Waals surface area contributed by atoms with Crippen LogP contribution in [-0.2, 0) is 9.47 Å². The third-order valence-corrected chi connectivity index (χ3v) is 5.89. The van der Waals surface area contributed by atoms with Gasteiger partial charge in [0.05, 0.1) is 24.4 Å². The molecule has 2 aliphatic carbocycles. The van der Waals surface area contributed by atoms with Crippen molar-refractivity contribution in [1.29, 1.82) is 0 Å². The maximum Gasteiger partial charge on any atom is 0.508 e. The van der Waals surface area contributed by atoms with Crippen LogP contribution in [0.25, 0.3) is 11.1 Å². The van der Waals surface area contributed by atoms with E-state index in [1.807, 2.05) is 0 Å². The van der Waals surface area contributed by atoms with Crippen molar-refractivity contribution in [2.24, 2.45) is 5.92 Å². The fraction of sp³-hybridized carbons (Fsp3) is 0.364. The number of nitro groups is 1. The molecule has 4 atom stereocenters. The van der Waals surface area contributed by atoms with Crippen LogP contribution in [0, 0.1) is 16.0 Å². The molecular weight excluding hydrogens is 401 g/mol. The van der Waals surface area contributed by atoms with Crippen LogP contribution in [0.1, 0.15) is 47.4 Å². The van der Waals surface area contributed by atoms with Gasteiger partial charge in [-0.3, -0.25) is 14.9 Å². The number of carbonyl (C=O) groups excluding carboxylic acids is 2. The molecule has 0 heterocycles.